The van der Waals surface area contributed by atoms with Crippen LogP contribution in [0.5, 0.6) is 17.2 Å². The van der Waals surface area contributed by atoms with Crippen LogP contribution in [0.15, 0.2) is 48.0 Å². The van der Waals surface area contributed by atoms with Crippen LogP contribution in [-0.2, 0) is 0 Å². The molecule has 2 aliphatic heterocycles. The third-order valence-corrected chi connectivity index (χ3v) is 4.07. The van der Waals surface area contributed by atoms with E-state index < -0.39 is 0 Å². The molecule has 2 aromatic rings. The zero-order chi connectivity index (χ0) is 14.9. The number of hydrogen-bond acceptors (Lipinski definition) is 3. The maximum Gasteiger partial charge on any atom is 0.231 e. The van der Waals surface area contributed by atoms with Gasteiger partial charge in [0.15, 0.2) is 11.5 Å². The smallest absolute Gasteiger partial charge is 0.231 e. The summed E-state index contributed by atoms with van der Waals surface area (Å²) in [5, 5.41) is 0. The minimum Gasteiger partial charge on any atom is -0.481 e. The molecular formula is C19H18O3. The Kier molecular flexibility index (Phi) is 3.26. The van der Waals surface area contributed by atoms with Crippen molar-refractivity contribution in [3.63, 3.8) is 0 Å². The Morgan fingerprint density at radius 1 is 1.00 bits per heavy atom. The first kappa shape index (κ1) is 13.3. The maximum absolute atomic E-state index is 6.30. The van der Waals surface area contributed by atoms with Crippen molar-refractivity contribution in [3.8, 4) is 17.2 Å². The number of ether oxygens (including phenoxy) is 3. The molecule has 1 unspecified atom stereocenters. The number of fused-ring (bicyclic) bond motifs is 2. The van der Waals surface area contributed by atoms with Gasteiger partial charge in [-0.3, -0.25) is 0 Å². The lowest BCUT2D eigenvalue weighted by Gasteiger charge is -2.28. The summed E-state index contributed by atoms with van der Waals surface area (Å²) < 4.78 is 17.2. The van der Waals surface area contributed by atoms with Gasteiger partial charge in [-0.2, -0.15) is 0 Å². The molecular weight excluding hydrogens is 276 g/mol. The summed E-state index contributed by atoms with van der Waals surface area (Å²) in [6, 6.07) is 14.3. The van der Waals surface area contributed by atoms with Crippen LogP contribution in [0.1, 0.15) is 37.0 Å². The second kappa shape index (κ2) is 5.41. The maximum atomic E-state index is 6.30. The summed E-state index contributed by atoms with van der Waals surface area (Å²) in [6.45, 7) is 2.48. The molecule has 0 bridgehead atoms. The molecule has 4 rings (SSSR count). The van der Waals surface area contributed by atoms with E-state index in [0.717, 1.165) is 35.7 Å². The first-order chi connectivity index (χ1) is 10.8. The quantitative estimate of drug-likeness (QED) is 0.819. The molecule has 0 radical (unpaired) electrons. The molecule has 0 amide bonds. The molecule has 22 heavy (non-hydrogen) atoms. The van der Waals surface area contributed by atoms with Gasteiger partial charge in [-0.25, -0.2) is 0 Å². The Bertz CT molecular complexity index is 719. The second-order valence-corrected chi connectivity index (χ2v) is 5.62. The van der Waals surface area contributed by atoms with E-state index in [2.05, 4.69) is 37.3 Å². The van der Waals surface area contributed by atoms with E-state index in [9.17, 15) is 0 Å². The van der Waals surface area contributed by atoms with Gasteiger partial charge in [0.05, 0.1) is 0 Å². The largest absolute Gasteiger partial charge is 0.481 e. The fourth-order valence-electron chi connectivity index (χ4n) is 3.03. The molecule has 2 aromatic carbocycles. The molecule has 112 valence electrons. The molecule has 0 fully saturated rings. The lowest BCUT2D eigenvalue weighted by molar-refractivity contribution is 0.173. The topological polar surface area (TPSA) is 27.7 Å². The predicted octanol–water partition coefficient (Wildman–Crippen LogP) is 4.73. The summed E-state index contributed by atoms with van der Waals surface area (Å²) in [5.41, 5.74) is 3.56. The van der Waals surface area contributed by atoms with Crippen LogP contribution in [0.25, 0.3) is 6.08 Å². The minimum absolute atomic E-state index is 0.0194. The van der Waals surface area contributed by atoms with Crippen LogP contribution >= 0.6 is 0 Å². The normalized spacial score (nSPS) is 18.4. The average molecular weight is 294 g/mol. The molecule has 0 saturated heterocycles. The van der Waals surface area contributed by atoms with Crippen molar-refractivity contribution in [1.29, 1.82) is 0 Å². The van der Waals surface area contributed by atoms with Gasteiger partial charge in [0.1, 0.15) is 11.9 Å². The fraction of sp³-hybridized carbons (Fsp3) is 0.263. The average Bonchev–Trinajstić information content (AvgIpc) is 3.00. The summed E-state index contributed by atoms with van der Waals surface area (Å²) in [6.07, 6.45) is 4.34. The van der Waals surface area contributed by atoms with E-state index in [1.54, 1.807) is 0 Å². The number of hydrogen-bond donors (Lipinski definition) is 0. The Hall–Kier alpha value is -2.42. The van der Waals surface area contributed by atoms with Gasteiger partial charge in [0.2, 0.25) is 6.79 Å². The van der Waals surface area contributed by atoms with Crippen LogP contribution in [0.2, 0.25) is 0 Å². The molecule has 0 aliphatic carbocycles. The van der Waals surface area contributed by atoms with Crippen LogP contribution in [0, 0.1) is 0 Å². The van der Waals surface area contributed by atoms with Crippen molar-refractivity contribution in [2.75, 3.05) is 6.79 Å². The van der Waals surface area contributed by atoms with Gasteiger partial charge in [0.25, 0.3) is 0 Å². The Labute approximate surface area is 130 Å². The van der Waals surface area contributed by atoms with Gasteiger partial charge in [-0.05, 0) is 29.7 Å². The highest BCUT2D eigenvalue weighted by Crippen LogP contribution is 2.45. The van der Waals surface area contributed by atoms with Crippen LogP contribution < -0.4 is 14.2 Å². The van der Waals surface area contributed by atoms with E-state index in [4.69, 9.17) is 14.2 Å². The monoisotopic (exact) mass is 294 g/mol. The van der Waals surface area contributed by atoms with Crippen molar-refractivity contribution >= 4 is 6.08 Å². The zero-order valence-electron chi connectivity index (χ0n) is 12.5. The molecule has 0 spiro atoms. The van der Waals surface area contributed by atoms with Crippen molar-refractivity contribution in [2.24, 2.45) is 0 Å². The van der Waals surface area contributed by atoms with Crippen molar-refractivity contribution in [1.82, 2.24) is 0 Å². The van der Waals surface area contributed by atoms with Gasteiger partial charge in [0, 0.05) is 11.6 Å². The van der Waals surface area contributed by atoms with Gasteiger partial charge in [-0.1, -0.05) is 43.7 Å². The van der Waals surface area contributed by atoms with Gasteiger partial charge >= 0.3 is 0 Å². The first-order valence-electron chi connectivity index (χ1n) is 7.71. The molecule has 2 heterocycles. The Morgan fingerprint density at radius 2 is 1.77 bits per heavy atom. The molecule has 1 atom stereocenters. The third-order valence-electron chi connectivity index (χ3n) is 4.07. The van der Waals surface area contributed by atoms with E-state index in [1.165, 1.54) is 11.1 Å². The van der Waals surface area contributed by atoms with E-state index >= 15 is 0 Å². The molecule has 3 nitrogen and oxygen atoms in total. The standard InChI is InChI=1S/C19H18O3/c1-2-6-14-9-15-10-17-18(21-12-20-17)11-16(15)22-19(14)13-7-4-3-5-8-13/h3-5,7-11,19H,2,6,12H2,1H3. The number of rotatable bonds is 3. The van der Waals surface area contributed by atoms with Gasteiger partial charge in [-0.15, -0.1) is 0 Å². The molecule has 3 heteroatoms. The Morgan fingerprint density at radius 3 is 2.55 bits per heavy atom. The third kappa shape index (κ3) is 2.23. The lowest BCUT2D eigenvalue weighted by Crippen LogP contribution is -2.14. The molecule has 0 saturated carbocycles. The van der Waals surface area contributed by atoms with Crippen molar-refractivity contribution in [3.05, 3.63) is 59.2 Å². The van der Waals surface area contributed by atoms with E-state index in [1.807, 2.05) is 18.2 Å². The summed E-state index contributed by atoms with van der Waals surface area (Å²) in [7, 11) is 0. The van der Waals surface area contributed by atoms with Gasteiger partial charge < -0.3 is 14.2 Å². The molecule has 0 aromatic heterocycles. The Balaban J connectivity index is 1.77. The minimum atomic E-state index is -0.0194. The van der Waals surface area contributed by atoms with Crippen LogP contribution in [-0.4, -0.2) is 6.79 Å². The van der Waals surface area contributed by atoms with E-state index in [0.29, 0.717) is 0 Å². The van der Waals surface area contributed by atoms with Crippen molar-refractivity contribution in [2.45, 2.75) is 25.9 Å². The fourth-order valence-corrected chi connectivity index (χ4v) is 3.03. The SMILES string of the molecule is CCCC1=Cc2cc3c(cc2OC1c1ccccc1)OCO3. The molecule has 2 aliphatic rings. The summed E-state index contributed by atoms with van der Waals surface area (Å²) in [5.74, 6) is 2.42. The lowest BCUT2D eigenvalue weighted by atomic mass is 9.93. The highest BCUT2D eigenvalue weighted by Gasteiger charge is 2.26. The summed E-state index contributed by atoms with van der Waals surface area (Å²) in [4.78, 5) is 0. The van der Waals surface area contributed by atoms with Crippen molar-refractivity contribution < 1.29 is 14.2 Å². The zero-order valence-corrected chi connectivity index (χ0v) is 12.5. The predicted molar refractivity (Wildman–Crippen MR) is 85.3 cm³/mol. The van der Waals surface area contributed by atoms with Crippen LogP contribution in [0.3, 0.4) is 0 Å². The molecule has 0 N–H and O–H groups in total. The van der Waals surface area contributed by atoms with E-state index in [-0.39, 0.29) is 12.9 Å². The highest BCUT2D eigenvalue weighted by molar-refractivity contribution is 5.68. The second-order valence-electron chi connectivity index (χ2n) is 5.62. The van der Waals surface area contributed by atoms with Crippen LogP contribution in [0.4, 0.5) is 0 Å². The first-order valence-corrected chi connectivity index (χ1v) is 7.71. The summed E-state index contributed by atoms with van der Waals surface area (Å²) >= 11 is 0. The highest BCUT2D eigenvalue weighted by atomic mass is 16.7. The number of benzene rings is 2.